The van der Waals surface area contributed by atoms with Crippen LogP contribution in [0.5, 0.6) is 11.5 Å². The Bertz CT molecular complexity index is 1500. The quantitative estimate of drug-likeness (QED) is 0.328. The Morgan fingerprint density at radius 3 is 2.69 bits per heavy atom. The van der Waals surface area contributed by atoms with Crippen molar-refractivity contribution in [3.8, 4) is 17.6 Å². The summed E-state index contributed by atoms with van der Waals surface area (Å²) in [5.74, 6) is 0.632. The number of ketones is 1. The first-order valence-electron chi connectivity index (χ1n) is 11.3. The van der Waals surface area contributed by atoms with Crippen molar-refractivity contribution in [2.45, 2.75) is 32.6 Å². The minimum atomic E-state index is -0.699. The first kappa shape index (κ1) is 25.0. The van der Waals surface area contributed by atoms with Crippen LogP contribution in [0.3, 0.4) is 0 Å². The number of benzene rings is 3. The fourth-order valence-electron chi connectivity index (χ4n) is 3.55. The van der Waals surface area contributed by atoms with Crippen LogP contribution in [0.15, 0.2) is 60.7 Å². The highest BCUT2D eigenvalue weighted by atomic mass is 32.1. The number of hydrogen-bond donors (Lipinski definition) is 2. The fraction of sp³-hybridized carbons (Fsp3) is 0.214. The number of nitrogens with zero attached hydrogens (tertiary/aromatic N) is 2. The zero-order valence-corrected chi connectivity index (χ0v) is 21.0. The fourth-order valence-corrected chi connectivity index (χ4v) is 4.57. The molecule has 0 radical (unpaired) electrons. The lowest BCUT2D eigenvalue weighted by atomic mass is 9.85. The molecular formula is C28H25N3O4S. The average molecular weight is 500 g/mol. The minimum absolute atomic E-state index is 0.101. The summed E-state index contributed by atoms with van der Waals surface area (Å²) >= 11 is 1.38. The smallest absolute Gasteiger partial charge is 0.255 e. The van der Waals surface area contributed by atoms with Gasteiger partial charge in [0.2, 0.25) is 0 Å². The summed E-state index contributed by atoms with van der Waals surface area (Å²) in [6.07, 6.45) is 0.101. The largest absolute Gasteiger partial charge is 0.457 e. The van der Waals surface area contributed by atoms with Crippen LogP contribution >= 0.6 is 11.3 Å². The van der Waals surface area contributed by atoms with Gasteiger partial charge in [0.15, 0.2) is 5.78 Å². The van der Waals surface area contributed by atoms with Crippen LogP contribution in [0.4, 0.5) is 5.69 Å². The van der Waals surface area contributed by atoms with Crippen LogP contribution in [0, 0.1) is 18.3 Å². The van der Waals surface area contributed by atoms with Gasteiger partial charge in [-0.15, -0.1) is 11.3 Å². The second kappa shape index (κ2) is 10.3. The normalized spacial score (nSPS) is 11.2. The van der Waals surface area contributed by atoms with E-state index in [1.807, 2.05) is 45.0 Å². The summed E-state index contributed by atoms with van der Waals surface area (Å²) in [6, 6.07) is 20.2. The summed E-state index contributed by atoms with van der Waals surface area (Å²) in [5, 5.41) is 21.9. The standard InChI is InChI=1S/C28H25N3O4S/c1-17-7-8-20(30-27(34)18-5-4-6-19(11-18)28(2,3)16-29)12-24(17)35-22-9-10-23-25(14-22)36-26(31-23)13-21(33)15-32/h4-12,14,32H,13,15H2,1-3H3,(H,30,34). The molecule has 0 unspecified atom stereocenters. The lowest BCUT2D eigenvalue weighted by Crippen LogP contribution is -2.17. The third kappa shape index (κ3) is 5.60. The number of hydrogen-bond acceptors (Lipinski definition) is 7. The minimum Gasteiger partial charge on any atom is -0.457 e. The van der Waals surface area contributed by atoms with Crippen molar-refractivity contribution in [1.82, 2.24) is 4.98 Å². The molecule has 1 amide bonds. The molecule has 0 aliphatic carbocycles. The number of carbonyl (C=O) groups is 2. The monoisotopic (exact) mass is 499 g/mol. The van der Waals surface area contributed by atoms with Crippen molar-refractivity contribution in [2.75, 3.05) is 11.9 Å². The molecule has 0 aliphatic rings. The maximum atomic E-state index is 12.9. The number of aliphatic hydroxyl groups is 1. The number of anilines is 1. The highest BCUT2D eigenvalue weighted by molar-refractivity contribution is 7.18. The van der Waals surface area contributed by atoms with Crippen LogP contribution in [-0.2, 0) is 16.6 Å². The Balaban J connectivity index is 1.52. The van der Waals surface area contributed by atoms with Gasteiger partial charge >= 0.3 is 0 Å². The molecule has 0 atom stereocenters. The van der Waals surface area contributed by atoms with Gasteiger partial charge in [-0.05, 0) is 62.2 Å². The first-order chi connectivity index (χ1) is 17.2. The number of ether oxygens (including phenoxy) is 1. The number of amides is 1. The van der Waals surface area contributed by atoms with Crippen molar-refractivity contribution in [3.05, 3.63) is 82.4 Å². The predicted molar refractivity (Wildman–Crippen MR) is 140 cm³/mol. The number of nitrogens with one attached hydrogen (secondary N) is 1. The maximum absolute atomic E-state index is 12.9. The van der Waals surface area contributed by atoms with Gasteiger partial charge in [-0.25, -0.2) is 4.98 Å². The van der Waals surface area contributed by atoms with E-state index in [1.54, 1.807) is 36.4 Å². The predicted octanol–water partition coefficient (Wildman–Crippen LogP) is 5.55. The molecule has 36 heavy (non-hydrogen) atoms. The van der Waals surface area contributed by atoms with Crippen LogP contribution in [0.1, 0.15) is 40.3 Å². The van der Waals surface area contributed by atoms with Gasteiger partial charge in [0.25, 0.3) is 5.91 Å². The number of Topliss-reactive ketones (excluding diaryl/α,β-unsaturated/α-hetero) is 1. The molecule has 7 nitrogen and oxygen atoms in total. The zero-order chi connectivity index (χ0) is 25.9. The molecule has 2 N–H and O–H groups in total. The molecule has 3 aromatic carbocycles. The highest BCUT2D eigenvalue weighted by Crippen LogP contribution is 2.32. The lowest BCUT2D eigenvalue weighted by molar-refractivity contribution is -0.121. The van der Waals surface area contributed by atoms with Crippen LogP contribution in [0.25, 0.3) is 10.2 Å². The topological polar surface area (TPSA) is 112 Å². The van der Waals surface area contributed by atoms with E-state index in [4.69, 9.17) is 9.84 Å². The van der Waals surface area contributed by atoms with Crippen LogP contribution < -0.4 is 10.1 Å². The third-order valence-corrected chi connectivity index (χ3v) is 6.75. The summed E-state index contributed by atoms with van der Waals surface area (Å²) in [6.45, 7) is 5.04. The van der Waals surface area contributed by atoms with Crippen LogP contribution in [-0.4, -0.2) is 28.4 Å². The van der Waals surface area contributed by atoms with Gasteiger partial charge in [0, 0.05) is 23.4 Å². The number of carbonyl (C=O) groups excluding carboxylic acids is 2. The molecule has 182 valence electrons. The molecule has 0 bridgehead atoms. The SMILES string of the molecule is Cc1ccc(NC(=O)c2cccc(C(C)(C)C#N)c2)cc1Oc1ccc2nc(CC(=O)CO)sc2c1. The molecule has 1 heterocycles. The summed E-state index contributed by atoms with van der Waals surface area (Å²) in [5.41, 5.74) is 2.76. The van der Waals surface area contributed by atoms with Gasteiger partial charge in [0.1, 0.15) is 23.1 Å². The number of aliphatic hydroxyl groups excluding tert-OH is 1. The Morgan fingerprint density at radius 1 is 1.14 bits per heavy atom. The second-order valence-corrected chi connectivity index (χ2v) is 10.1. The van der Waals surface area contributed by atoms with E-state index in [9.17, 15) is 14.9 Å². The molecule has 1 aromatic heterocycles. The molecule has 0 saturated carbocycles. The highest BCUT2D eigenvalue weighted by Gasteiger charge is 2.21. The van der Waals surface area contributed by atoms with Crippen LogP contribution in [0.2, 0.25) is 0 Å². The van der Waals surface area contributed by atoms with Gasteiger partial charge in [0.05, 0.1) is 28.1 Å². The van der Waals surface area contributed by atoms with E-state index in [-0.39, 0.29) is 18.1 Å². The van der Waals surface area contributed by atoms with Crippen molar-refractivity contribution in [3.63, 3.8) is 0 Å². The van der Waals surface area contributed by atoms with Crippen molar-refractivity contribution in [2.24, 2.45) is 0 Å². The Morgan fingerprint density at radius 2 is 1.94 bits per heavy atom. The van der Waals surface area contributed by atoms with Crippen molar-refractivity contribution in [1.29, 1.82) is 5.26 Å². The second-order valence-electron chi connectivity index (χ2n) is 8.96. The molecule has 4 rings (SSSR count). The Labute approximate surface area is 213 Å². The maximum Gasteiger partial charge on any atom is 0.255 e. The van der Waals surface area contributed by atoms with E-state index in [1.165, 1.54) is 11.3 Å². The van der Waals surface area contributed by atoms with E-state index in [0.717, 1.165) is 21.3 Å². The number of fused-ring (bicyclic) bond motifs is 1. The van der Waals surface area contributed by atoms with Gasteiger partial charge in [-0.1, -0.05) is 18.2 Å². The van der Waals surface area contributed by atoms with Gasteiger partial charge < -0.3 is 15.2 Å². The molecule has 4 aromatic rings. The average Bonchev–Trinajstić information content (AvgIpc) is 3.27. The lowest BCUT2D eigenvalue weighted by Gasteiger charge is -2.16. The van der Waals surface area contributed by atoms with Crippen molar-refractivity contribution >= 4 is 38.9 Å². The third-order valence-electron chi connectivity index (χ3n) is 5.73. The molecule has 0 fully saturated rings. The van der Waals surface area contributed by atoms with E-state index in [2.05, 4.69) is 16.4 Å². The number of aryl methyl sites for hydroxylation is 1. The number of nitriles is 1. The van der Waals surface area contributed by atoms with Gasteiger partial charge in [-0.3, -0.25) is 9.59 Å². The van der Waals surface area contributed by atoms with E-state index < -0.39 is 12.0 Å². The summed E-state index contributed by atoms with van der Waals surface area (Å²) in [7, 11) is 0. The van der Waals surface area contributed by atoms with E-state index in [0.29, 0.717) is 27.8 Å². The molecule has 0 spiro atoms. The van der Waals surface area contributed by atoms with Gasteiger partial charge in [-0.2, -0.15) is 5.26 Å². The number of rotatable bonds is 8. The molecule has 0 saturated heterocycles. The molecular weight excluding hydrogens is 474 g/mol. The first-order valence-corrected chi connectivity index (χ1v) is 12.1. The number of thiazole rings is 1. The Hall–Kier alpha value is -4.06. The molecule has 8 heteroatoms. The molecule has 0 aliphatic heterocycles. The van der Waals surface area contributed by atoms with Crippen molar-refractivity contribution < 1.29 is 19.4 Å². The summed E-state index contributed by atoms with van der Waals surface area (Å²) in [4.78, 5) is 28.9. The number of aromatic nitrogens is 1. The van der Waals surface area contributed by atoms with E-state index >= 15 is 0 Å². The zero-order valence-electron chi connectivity index (χ0n) is 20.2. The summed E-state index contributed by atoms with van der Waals surface area (Å²) < 4.78 is 6.99. The Kier molecular flexibility index (Phi) is 7.15.